The van der Waals surface area contributed by atoms with E-state index in [1.165, 1.54) is 11.0 Å². The highest BCUT2D eigenvalue weighted by atomic mass is 35.5. The molecule has 1 aromatic rings. The molecule has 0 aliphatic rings. The zero-order valence-electron chi connectivity index (χ0n) is 12.0. The van der Waals surface area contributed by atoms with Gasteiger partial charge in [0.05, 0.1) is 11.6 Å². The number of nitrogens with zero attached hydrogens (tertiary/aromatic N) is 1. The number of hydrogen-bond acceptors (Lipinski definition) is 3. The van der Waals surface area contributed by atoms with Crippen LogP contribution in [-0.2, 0) is 9.59 Å². The Bertz CT molecular complexity index is 540. The van der Waals surface area contributed by atoms with Crippen molar-refractivity contribution >= 4 is 29.6 Å². The molecule has 0 saturated heterocycles. The fourth-order valence-electron chi connectivity index (χ4n) is 1.59. The quantitative estimate of drug-likeness (QED) is 0.621. The molecule has 0 radical (unpaired) electrons. The lowest BCUT2D eigenvalue weighted by atomic mass is 10.2. The van der Waals surface area contributed by atoms with Crippen LogP contribution in [0.2, 0.25) is 5.02 Å². The lowest BCUT2D eigenvalue weighted by Gasteiger charge is -2.12. The van der Waals surface area contributed by atoms with Gasteiger partial charge in [0.1, 0.15) is 5.75 Å². The minimum absolute atomic E-state index is 0.0313. The Morgan fingerprint density at radius 1 is 1.38 bits per heavy atom. The molecule has 0 aliphatic heterocycles. The first-order chi connectivity index (χ1) is 9.91. The maximum absolute atomic E-state index is 11.4. The van der Waals surface area contributed by atoms with Gasteiger partial charge in [-0.2, -0.15) is 0 Å². The van der Waals surface area contributed by atoms with E-state index in [9.17, 15) is 9.59 Å². The number of carboxylic acid groups (broad SMARTS) is 1. The third-order valence-electron chi connectivity index (χ3n) is 2.68. The van der Waals surface area contributed by atoms with E-state index in [-0.39, 0.29) is 5.91 Å². The van der Waals surface area contributed by atoms with Gasteiger partial charge in [-0.1, -0.05) is 23.7 Å². The summed E-state index contributed by atoms with van der Waals surface area (Å²) in [5, 5.41) is 9.06. The average Bonchev–Trinajstić information content (AvgIpc) is 2.42. The summed E-state index contributed by atoms with van der Waals surface area (Å²) < 4.78 is 5.58. The van der Waals surface area contributed by atoms with E-state index in [1.54, 1.807) is 32.3 Å². The molecule has 0 atom stereocenters. The molecule has 0 aliphatic carbocycles. The summed E-state index contributed by atoms with van der Waals surface area (Å²) in [6, 6.07) is 5.10. The first-order valence-corrected chi connectivity index (χ1v) is 6.82. The molecule has 0 aromatic heterocycles. The van der Waals surface area contributed by atoms with E-state index in [4.69, 9.17) is 21.4 Å². The number of amides is 1. The summed E-state index contributed by atoms with van der Waals surface area (Å²) in [7, 11) is 3.40. The summed E-state index contributed by atoms with van der Waals surface area (Å²) in [6.07, 6.45) is 3.39. The molecular formula is C15H18ClNO4. The first kappa shape index (κ1) is 17.0. The number of ether oxygens (including phenoxy) is 1. The fraction of sp³-hybridized carbons (Fsp3) is 0.333. The molecule has 0 heterocycles. The van der Waals surface area contributed by atoms with Crippen molar-refractivity contribution in [1.29, 1.82) is 0 Å². The molecule has 1 aromatic carbocycles. The van der Waals surface area contributed by atoms with Gasteiger partial charge in [0.2, 0.25) is 5.91 Å². The number of carbonyl (C=O) groups is 2. The van der Waals surface area contributed by atoms with Gasteiger partial charge in [0.25, 0.3) is 0 Å². The highest BCUT2D eigenvalue weighted by Crippen LogP contribution is 2.29. The second-order valence-corrected chi connectivity index (χ2v) is 4.98. The number of hydrogen-bond donors (Lipinski definition) is 1. The molecule has 0 fully saturated rings. The third-order valence-corrected chi connectivity index (χ3v) is 2.98. The Hall–Kier alpha value is -2.01. The van der Waals surface area contributed by atoms with Crippen molar-refractivity contribution in [2.75, 3.05) is 20.7 Å². The molecule has 1 rings (SSSR count). The Morgan fingerprint density at radius 3 is 2.71 bits per heavy atom. The van der Waals surface area contributed by atoms with Gasteiger partial charge >= 0.3 is 5.97 Å². The van der Waals surface area contributed by atoms with Gasteiger partial charge in [-0.3, -0.25) is 4.79 Å². The molecule has 0 spiro atoms. The van der Waals surface area contributed by atoms with E-state index >= 15 is 0 Å². The molecule has 0 saturated carbocycles. The van der Waals surface area contributed by atoms with Gasteiger partial charge in [0.15, 0.2) is 0 Å². The van der Waals surface area contributed by atoms with Crippen LogP contribution in [0.3, 0.4) is 0 Å². The van der Waals surface area contributed by atoms with Crippen LogP contribution in [0, 0.1) is 0 Å². The van der Waals surface area contributed by atoms with E-state index in [0.29, 0.717) is 35.8 Å². The fourth-order valence-corrected chi connectivity index (χ4v) is 1.83. The largest absolute Gasteiger partial charge is 0.491 e. The predicted octanol–water partition coefficient (Wildman–Crippen LogP) is 2.69. The SMILES string of the molecule is CN(C)C(=O)CCCOc1c(Cl)cccc1/C=C/C(=O)O. The van der Waals surface area contributed by atoms with Gasteiger partial charge < -0.3 is 14.7 Å². The van der Waals surface area contributed by atoms with Crippen LogP contribution >= 0.6 is 11.6 Å². The molecule has 5 nitrogen and oxygen atoms in total. The average molecular weight is 312 g/mol. The number of carboxylic acids is 1. The predicted molar refractivity (Wildman–Crippen MR) is 81.5 cm³/mol. The van der Waals surface area contributed by atoms with Crippen molar-refractivity contribution in [3.8, 4) is 5.75 Å². The third kappa shape index (κ3) is 5.87. The smallest absolute Gasteiger partial charge is 0.328 e. The van der Waals surface area contributed by atoms with Gasteiger partial charge in [-0.25, -0.2) is 4.79 Å². The van der Waals surface area contributed by atoms with Crippen molar-refractivity contribution < 1.29 is 19.4 Å². The van der Waals surface area contributed by atoms with E-state index in [1.807, 2.05) is 0 Å². The molecule has 0 unspecified atom stereocenters. The normalized spacial score (nSPS) is 10.6. The number of aliphatic carboxylic acids is 1. The van der Waals surface area contributed by atoms with Crippen molar-refractivity contribution in [2.45, 2.75) is 12.8 Å². The summed E-state index contributed by atoms with van der Waals surface area (Å²) in [5.41, 5.74) is 0.587. The Kier molecular flexibility index (Phi) is 6.75. The minimum Gasteiger partial charge on any atom is -0.491 e. The van der Waals surface area contributed by atoms with Crippen molar-refractivity contribution in [3.63, 3.8) is 0 Å². The van der Waals surface area contributed by atoms with Gasteiger partial charge in [-0.15, -0.1) is 0 Å². The monoisotopic (exact) mass is 311 g/mol. The van der Waals surface area contributed by atoms with E-state index < -0.39 is 5.97 Å². The summed E-state index contributed by atoms with van der Waals surface area (Å²) in [4.78, 5) is 23.5. The number of rotatable bonds is 7. The zero-order valence-corrected chi connectivity index (χ0v) is 12.8. The summed E-state index contributed by atoms with van der Waals surface area (Å²) in [6.45, 7) is 0.331. The number of carbonyl (C=O) groups excluding carboxylic acids is 1. The van der Waals surface area contributed by atoms with Crippen molar-refractivity contribution in [1.82, 2.24) is 4.90 Å². The Morgan fingerprint density at radius 2 is 2.10 bits per heavy atom. The van der Waals surface area contributed by atoms with Crippen molar-refractivity contribution in [3.05, 3.63) is 34.9 Å². The van der Waals surface area contributed by atoms with Crippen LogP contribution < -0.4 is 4.74 Å². The maximum atomic E-state index is 11.4. The van der Waals surface area contributed by atoms with E-state index in [0.717, 1.165) is 6.08 Å². The lowest BCUT2D eigenvalue weighted by molar-refractivity contribution is -0.131. The molecule has 21 heavy (non-hydrogen) atoms. The van der Waals surface area contributed by atoms with Crippen LogP contribution in [0.5, 0.6) is 5.75 Å². The standard InChI is InChI=1S/C15H18ClNO4/c1-17(2)13(18)7-4-10-21-15-11(8-9-14(19)20)5-3-6-12(15)16/h3,5-6,8-9H,4,7,10H2,1-2H3,(H,19,20)/b9-8+. The summed E-state index contributed by atoms with van der Waals surface area (Å²) in [5.74, 6) is -0.588. The van der Waals surface area contributed by atoms with E-state index in [2.05, 4.69) is 0 Å². The lowest BCUT2D eigenvalue weighted by Crippen LogP contribution is -2.21. The number of benzene rings is 1. The highest BCUT2D eigenvalue weighted by molar-refractivity contribution is 6.32. The molecule has 1 N–H and O–H groups in total. The molecule has 114 valence electrons. The van der Waals surface area contributed by atoms with Crippen LogP contribution in [-0.4, -0.2) is 42.6 Å². The van der Waals surface area contributed by atoms with Crippen LogP contribution in [0.25, 0.3) is 6.08 Å². The Labute approximate surface area is 128 Å². The second-order valence-electron chi connectivity index (χ2n) is 4.57. The second kappa shape index (κ2) is 8.32. The molecular weight excluding hydrogens is 294 g/mol. The molecule has 0 bridgehead atoms. The zero-order chi connectivity index (χ0) is 15.8. The minimum atomic E-state index is -1.04. The summed E-state index contributed by atoms with van der Waals surface area (Å²) >= 11 is 6.06. The van der Waals surface area contributed by atoms with Crippen LogP contribution in [0.4, 0.5) is 0 Å². The first-order valence-electron chi connectivity index (χ1n) is 6.44. The Balaban J connectivity index is 2.65. The molecule has 1 amide bonds. The number of para-hydroxylation sites is 1. The maximum Gasteiger partial charge on any atom is 0.328 e. The van der Waals surface area contributed by atoms with Gasteiger partial charge in [-0.05, 0) is 18.6 Å². The highest BCUT2D eigenvalue weighted by Gasteiger charge is 2.08. The topological polar surface area (TPSA) is 66.8 Å². The molecule has 6 heteroatoms. The van der Waals surface area contributed by atoms with Crippen LogP contribution in [0.1, 0.15) is 18.4 Å². The van der Waals surface area contributed by atoms with Gasteiger partial charge in [0, 0.05) is 32.2 Å². The van der Waals surface area contributed by atoms with Crippen molar-refractivity contribution in [2.24, 2.45) is 0 Å². The van der Waals surface area contributed by atoms with Crippen LogP contribution in [0.15, 0.2) is 24.3 Å². The number of halogens is 1.